The first-order valence-corrected chi connectivity index (χ1v) is 8.47. The van der Waals surface area contributed by atoms with E-state index in [4.69, 9.17) is 4.74 Å². The average Bonchev–Trinajstić information content (AvgIpc) is 2.72. The summed E-state index contributed by atoms with van der Waals surface area (Å²) in [5.41, 5.74) is 0.582. The van der Waals surface area contributed by atoms with Gasteiger partial charge in [0.2, 0.25) is 0 Å². The van der Waals surface area contributed by atoms with Crippen molar-refractivity contribution in [3.8, 4) is 0 Å². The highest BCUT2D eigenvalue weighted by atomic mass is 127. The van der Waals surface area contributed by atoms with Crippen molar-refractivity contribution >= 4 is 28.6 Å². The SMILES string of the molecule is CN1C2CCC1[C@@H](CO)[C@@H](OC(=O)c1ccc(I)cc1)C2. The van der Waals surface area contributed by atoms with Crippen LogP contribution in [0.3, 0.4) is 0 Å². The molecule has 0 spiro atoms. The minimum absolute atomic E-state index is 0.0292. The van der Waals surface area contributed by atoms with Crippen molar-refractivity contribution in [1.29, 1.82) is 0 Å². The molecule has 2 unspecified atom stereocenters. The fourth-order valence-electron chi connectivity index (χ4n) is 3.70. The fraction of sp³-hybridized carbons (Fsp3) is 0.562. The number of ether oxygens (including phenoxy) is 1. The molecule has 0 radical (unpaired) electrons. The van der Waals surface area contributed by atoms with Crippen LogP contribution in [-0.4, -0.2) is 47.8 Å². The number of carbonyl (C=O) groups excluding carboxylic acids is 1. The summed E-state index contributed by atoms with van der Waals surface area (Å²) in [6.07, 6.45) is 2.88. The van der Waals surface area contributed by atoms with Crippen molar-refractivity contribution in [2.75, 3.05) is 13.7 Å². The van der Waals surface area contributed by atoms with Crippen LogP contribution in [0.5, 0.6) is 0 Å². The van der Waals surface area contributed by atoms with E-state index >= 15 is 0 Å². The molecule has 4 atom stereocenters. The summed E-state index contributed by atoms with van der Waals surface area (Å²) in [4.78, 5) is 14.6. The zero-order valence-electron chi connectivity index (χ0n) is 12.0. The lowest BCUT2D eigenvalue weighted by molar-refractivity contribution is -0.0493. The Balaban J connectivity index is 1.72. The van der Waals surface area contributed by atoms with Crippen molar-refractivity contribution in [1.82, 2.24) is 4.90 Å². The van der Waals surface area contributed by atoms with Crippen LogP contribution in [0, 0.1) is 9.49 Å². The molecule has 114 valence electrons. The molecule has 2 aliphatic rings. The largest absolute Gasteiger partial charge is 0.458 e. The summed E-state index contributed by atoms with van der Waals surface area (Å²) in [6.45, 7) is 0.0758. The molecule has 2 aliphatic heterocycles. The summed E-state index contributed by atoms with van der Waals surface area (Å²) < 4.78 is 6.81. The summed E-state index contributed by atoms with van der Waals surface area (Å²) in [5, 5.41) is 9.70. The molecule has 0 aliphatic carbocycles. The maximum Gasteiger partial charge on any atom is 0.338 e. The van der Waals surface area contributed by atoms with Gasteiger partial charge in [0.15, 0.2) is 0 Å². The zero-order chi connectivity index (χ0) is 15.0. The Morgan fingerprint density at radius 3 is 2.76 bits per heavy atom. The zero-order valence-corrected chi connectivity index (χ0v) is 14.2. The predicted octanol–water partition coefficient (Wildman–Crippen LogP) is 2.29. The summed E-state index contributed by atoms with van der Waals surface area (Å²) in [6, 6.07) is 8.21. The van der Waals surface area contributed by atoms with Crippen LogP contribution in [0.2, 0.25) is 0 Å². The van der Waals surface area contributed by atoms with E-state index in [-0.39, 0.29) is 24.6 Å². The third-order valence-corrected chi connectivity index (χ3v) is 5.64. The van der Waals surface area contributed by atoms with E-state index in [1.165, 1.54) is 0 Å². The molecular weight excluding hydrogens is 381 g/mol. The summed E-state index contributed by atoms with van der Waals surface area (Å²) >= 11 is 2.21. The Kier molecular flexibility index (Phi) is 4.51. The van der Waals surface area contributed by atoms with E-state index in [9.17, 15) is 9.90 Å². The van der Waals surface area contributed by atoms with Crippen LogP contribution in [0.25, 0.3) is 0 Å². The Labute approximate surface area is 138 Å². The van der Waals surface area contributed by atoms with Crippen LogP contribution in [0.4, 0.5) is 0 Å². The van der Waals surface area contributed by atoms with E-state index in [0.717, 1.165) is 22.8 Å². The average molecular weight is 401 g/mol. The van der Waals surface area contributed by atoms with Gasteiger partial charge in [0.25, 0.3) is 0 Å². The molecule has 1 aromatic rings. The van der Waals surface area contributed by atoms with Crippen LogP contribution in [0.1, 0.15) is 29.6 Å². The molecular formula is C16H20INO3. The first-order chi connectivity index (χ1) is 10.1. The molecule has 2 fully saturated rings. The van der Waals surface area contributed by atoms with Crippen LogP contribution < -0.4 is 0 Å². The monoisotopic (exact) mass is 401 g/mol. The fourth-order valence-corrected chi connectivity index (χ4v) is 4.06. The van der Waals surface area contributed by atoms with E-state index in [1.807, 2.05) is 12.1 Å². The van der Waals surface area contributed by atoms with Gasteiger partial charge in [0.1, 0.15) is 6.10 Å². The van der Waals surface area contributed by atoms with Gasteiger partial charge in [-0.05, 0) is 66.7 Å². The van der Waals surface area contributed by atoms with E-state index < -0.39 is 0 Å². The number of aliphatic hydroxyl groups excluding tert-OH is 1. The van der Waals surface area contributed by atoms with Crippen molar-refractivity contribution in [2.45, 2.75) is 37.5 Å². The second-order valence-electron chi connectivity index (χ2n) is 6.00. The van der Waals surface area contributed by atoms with Crippen molar-refractivity contribution in [3.05, 3.63) is 33.4 Å². The number of rotatable bonds is 3. The number of aliphatic hydroxyl groups is 1. The molecule has 1 N–H and O–H groups in total. The number of benzene rings is 1. The highest BCUT2D eigenvalue weighted by molar-refractivity contribution is 14.1. The number of carbonyl (C=O) groups is 1. The number of nitrogens with zero attached hydrogens (tertiary/aromatic N) is 1. The lowest BCUT2D eigenvalue weighted by atomic mass is 9.88. The van der Waals surface area contributed by atoms with Gasteiger partial charge in [-0.1, -0.05) is 0 Å². The summed E-state index contributed by atoms with van der Waals surface area (Å²) in [7, 11) is 2.11. The molecule has 0 aromatic heterocycles. The molecule has 1 aromatic carbocycles. The van der Waals surface area contributed by atoms with Crippen molar-refractivity contribution in [2.24, 2.45) is 5.92 Å². The Morgan fingerprint density at radius 2 is 2.10 bits per heavy atom. The van der Waals surface area contributed by atoms with Gasteiger partial charge in [0, 0.05) is 28.0 Å². The van der Waals surface area contributed by atoms with Gasteiger partial charge in [-0.15, -0.1) is 0 Å². The second kappa shape index (κ2) is 6.22. The first kappa shape index (κ1) is 15.2. The Bertz CT molecular complexity index is 519. The van der Waals surface area contributed by atoms with Gasteiger partial charge >= 0.3 is 5.97 Å². The summed E-state index contributed by atoms with van der Waals surface area (Å²) in [5.74, 6) is -0.250. The van der Waals surface area contributed by atoms with Gasteiger partial charge in [-0.2, -0.15) is 0 Å². The van der Waals surface area contributed by atoms with Crippen LogP contribution >= 0.6 is 22.6 Å². The molecule has 4 nitrogen and oxygen atoms in total. The number of hydrogen-bond donors (Lipinski definition) is 1. The standard InChI is InChI=1S/C16H20INO3/c1-18-12-6-7-14(18)13(9-19)15(8-12)21-16(20)10-2-4-11(17)5-3-10/h2-5,12-15,19H,6-9H2,1H3/t12?,13-,14?,15+/m1/s1. The molecule has 2 bridgehead atoms. The van der Waals surface area contributed by atoms with Gasteiger partial charge in [-0.25, -0.2) is 4.79 Å². The maximum atomic E-state index is 12.3. The van der Waals surface area contributed by atoms with E-state index in [0.29, 0.717) is 17.6 Å². The molecule has 3 rings (SSSR count). The van der Waals surface area contributed by atoms with Crippen LogP contribution in [-0.2, 0) is 4.74 Å². The third kappa shape index (κ3) is 2.96. The lowest BCUT2D eigenvalue weighted by Gasteiger charge is -2.41. The predicted molar refractivity (Wildman–Crippen MR) is 88.1 cm³/mol. The Hall–Kier alpha value is -0.660. The molecule has 0 saturated carbocycles. The molecule has 2 heterocycles. The number of fused-ring (bicyclic) bond motifs is 2. The molecule has 5 heteroatoms. The van der Waals surface area contributed by atoms with Crippen molar-refractivity contribution in [3.63, 3.8) is 0 Å². The minimum atomic E-state index is -0.279. The van der Waals surface area contributed by atoms with Gasteiger partial charge < -0.3 is 9.84 Å². The number of piperidine rings is 1. The number of halogens is 1. The lowest BCUT2D eigenvalue weighted by Crippen LogP contribution is -2.51. The van der Waals surface area contributed by atoms with E-state index in [1.54, 1.807) is 12.1 Å². The van der Waals surface area contributed by atoms with Crippen molar-refractivity contribution < 1.29 is 14.6 Å². The smallest absolute Gasteiger partial charge is 0.338 e. The van der Waals surface area contributed by atoms with E-state index in [2.05, 4.69) is 34.5 Å². The molecule has 0 amide bonds. The maximum absolute atomic E-state index is 12.3. The molecule has 2 saturated heterocycles. The highest BCUT2D eigenvalue weighted by Gasteiger charge is 2.46. The quantitative estimate of drug-likeness (QED) is 0.624. The first-order valence-electron chi connectivity index (χ1n) is 7.39. The second-order valence-corrected chi connectivity index (χ2v) is 7.24. The Morgan fingerprint density at radius 1 is 1.38 bits per heavy atom. The molecule has 21 heavy (non-hydrogen) atoms. The normalized spacial score (nSPS) is 32.1. The third-order valence-electron chi connectivity index (χ3n) is 4.92. The number of esters is 1. The van der Waals surface area contributed by atoms with Gasteiger partial charge in [-0.3, -0.25) is 4.90 Å². The topological polar surface area (TPSA) is 49.8 Å². The van der Waals surface area contributed by atoms with Crippen LogP contribution in [0.15, 0.2) is 24.3 Å². The van der Waals surface area contributed by atoms with Gasteiger partial charge in [0.05, 0.1) is 12.2 Å². The highest BCUT2D eigenvalue weighted by Crippen LogP contribution is 2.39. The number of hydrogen-bond acceptors (Lipinski definition) is 4. The minimum Gasteiger partial charge on any atom is -0.458 e.